The molecule has 0 radical (unpaired) electrons. The normalized spacial score (nSPS) is 10.2. The summed E-state index contributed by atoms with van der Waals surface area (Å²) in [6, 6.07) is 12.9. The predicted molar refractivity (Wildman–Crippen MR) is 82.3 cm³/mol. The van der Waals surface area contributed by atoms with E-state index in [1.54, 1.807) is 25.1 Å². The zero-order chi connectivity index (χ0) is 15.2. The number of anilines is 1. The number of carbonyl (C=O) groups excluding carboxylic acids is 1. The lowest BCUT2D eigenvalue weighted by atomic mass is 10.1. The zero-order valence-electron chi connectivity index (χ0n) is 12.3. The molecule has 0 amide bonds. The molecular weight excluding hydrogens is 266 g/mol. The number of rotatable bonds is 5. The van der Waals surface area contributed by atoms with Crippen LogP contribution in [0.25, 0.3) is 0 Å². The van der Waals surface area contributed by atoms with E-state index in [4.69, 9.17) is 15.2 Å². The summed E-state index contributed by atoms with van der Waals surface area (Å²) in [5.41, 5.74) is 8.90. The summed E-state index contributed by atoms with van der Waals surface area (Å²) < 4.78 is 10.8. The molecule has 2 rings (SSSR count). The van der Waals surface area contributed by atoms with Crippen molar-refractivity contribution < 1.29 is 14.3 Å². The van der Waals surface area contributed by atoms with E-state index in [-0.39, 0.29) is 0 Å². The van der Waals surface area contributed by atoms with Crippen LogP contribution in [0, 0.1) is 6.92 Å². The number of nitrogen functional groups attached to an aromatic ring is 1. The van der Waals surface area contributed by atoms with Gasteiger partial charge in [-0.3, -0.25) is 0 Å². The number of esters is 1. The Morgan fingerprint density at radius 2 is 1.95 bits per heavy atom. The largest absolute Gasteiger partial charge is 0.488 e. The van der Waals surface area contributed by atoms with Gasteiger partial charge in [0, 0.05) is 11.8 Å². The van der Waals surface area contributed by atoms with Gasteiger partial charge in [0.25, 0.3) is 0 Å². The molecule has 0 bridgehead atoms. The fourth-order valence-electron chi connectivity index (χ4n) is 1.96. The average Bonchev–Trinajstić information content (AvgIpc) is 2.46. The minimum Gasteiger partial charge on any atom is -0.488 e. The Labute approximate surface area is 124 Å². The first-order valence-corrected chi connectivity index (χ1v) is 6.85. The SMILES string of the molecule is CCOC(=O)c1ccc(N)cc1OCc1ccccc1C. The van der Waals surface area contributed by atoms with Gasteiger partial charge in [-0.1, -0.05) is 24.3 Å². The topological polar surface area (TPSA) is 61.5 Å². The first-order valence-electron chi connectivity index (χ1n) is 6.85. The van der Waals surface area contributed by atoms with Gasteiger partial charge in [0.2, 0.25) is 0 Å². The molecule has 4 nitrogen and oxygen atoms in total. The van der Waals surface area contributed by atoms with Crippen molar-refractivity contribution >= 4 is 11.7 Å². The Bertz CT molecular complexity index is 638. The highest BCUT2D eigenvalue weighted by Gasteiger charge is 2.14. The number of nitrogens with two attached hydrogens (primary N) is 1. The summed E-state index contributed by atoms with van der Waals surface area (Å²) in [4.78, 5) is 11.9. The molecule has 0 atom stereocenters. The fraction of sp³-hybridized carbons (Fsp3) is 0.235. The van der Waals surface area contributed by atoms with Crippen LogP contribution in [0.1, 0.15) is 28.4 Å². The van der Waals surface area contributed by atoms with Crippen LogP contribution >= 0.6 is 0 Å². The predicted octanol–water partition coefficient (Wildman–Crippen LogP) is 3.33. The third-order valence-corrected chi connectivity index (χ3v) is 3.15. The molecule has 0 saturated carbocycles. The summed E-state index contributed by atoms with van der Waals surface area (Å²) in [5, 5.41) is 0. The van der Waals surface area contributed by atoms with Gasteiger partial charge in [0.15, 0.2) is 0 Å². The number of hydrogen-bond acceptors (Lipinski definition) is 4. The van der Waals surface area contributed by atoms with Gasteiger partial charge in [-0.05, 0) is 37.1 Å². The number of aryl methyl sites for hydroxylation is 1. The highest BCUT2D eigenvalue weighted by Crippen LogP contribution is 2.24. The standard InChI is InChI=1S/C17H19NO3/c1-3-20-17(19)15-9-8-14(18)10-16(15)21-11-13-7-5-4-6-12(13)2/h4-10H,3,11,18H2,1-2H3. The van der Waals surface area contributed by atoms with E-state index in [0.29, 0.717) is 30.2 Å². The molecule has 21 heavy (non-hydrogen) atoms. The van der Waals surface area contributed by atoms with Crippen LogP contribution in [-0.2, 0) is 11.3 Å². The van der Waals surface area contributed by atoms with Crippen molar-refractivity contribution in [3.05, 3.63) is 59.2 Å². The van der Waals surface area contributed by atoms with Crippen LogP contribution in [0.2, 0.25) is 0 Å². The van der Waals surface area contributed by atoms with E-state index in [0.717, 1.165) is 11.1 Å². The van der Waals surface area contributed by atoms with Crippen LogP contribution in [0.15, 0.2) is 42.5 Å². The zero-order valence-corrected chi connectivity index (χ0v) is 12.3. The monoisotopic (exact) mass is 285 g/mol. The van der Waals surface area contributed by atoms with E-state index in [2.05, 4.69) is 0 Å². The van der Waals surface area contributed by atoms with Gasteiger partial charge in [-0.2, -0.15) is 0 Å². The summed E-state index contributed by atoms with van der Waals surface area (Å²) in [6.45, 7) is 4.48. The molecule has 0 fully saturated rings. The second-order valence-corrected chi connectivity index (χ2v) is 4.69. The Balaban J connectivity index is 2.20. The third kappa shape index (κ3) is 3.75. The molecule has 4 heteroatoms. The summed E-state index contributed by atoms with van der Waals surface area (Å²) in [7, 11) is 0. The maximum Gasteiger partial charge on any atom is 0.341 e. The molecule has 0 aromatic heterocycles. The van der Waals surface area contributed by atoms with Crippen molar-refractivity contribution in [1.82, 2.24) is 0 Å². The van der Waals surface area contributed by atoms with Gasteiger partial charge in [0.1, 0.15) is 17.9 Å². The van der Waals surface area contributed by atoms with Crippen molar-refractivity contribution in [1.29, 1.82) is 0 Å². The molecule has 0 saturated heterocycles. The molecule has 2 aromatic carbocycles. The van der Waals surface area contributed by atoms with Crippen molar-refractivity contribution in [2.75, 3.05) is 12.3 Å². The second kappa shape index (κ2) is 6.79. The van der Waals surface area contributed by atoms with E-state index in [1.807, 2.05) is 31.2 Å². The molecule has 0 aliphatic heterocycles. The van der Waals surface area contributed by atoms with Gasteiger partial charge in [-0.15, -0.1) is 0 Å². The summed E-state index contributed by atoms with van der Waals surface area (Å²) in [6.07, 6.45) is 0. The first-order chi connectivity index (χ1) is 10.1. The molecule has 0 unspecified atom stereocenters. The Kier molecular flexibility index (Phi) is 4.82. The molecular formula is C17H19NO3. The smallest absolute Gasteiger partial charge is 0.341 e. The first kappa shape index (κ1) is 14.9. The van der Waals surface area contributed by atoms with E-state index in [1.165, 1.54) is 0 Å². The van der Waals surface area contributed by atoms with Crippen LogP contribution in [-0.4, -0.2) is 12.6 Å². The van der Waals surface area contributed by atoms with Crippen LogP contribution in [0.3, 0.4) is 0 Å². The molecule has 0 aliphatic rings. The lowest BCUT2D eigenvalue weighted by Crippen LogP contribution is -2.08. The lowest BCUT2D eigenvalue weighted by molar-refractivity contribution is 0.0521. The quantitative estimate of drug-likeness (QED) is 0.676. The lowest BCUT2D eigenvalue weighted by Gasteiger charge is -2.12. The molecule has 0 spiro atoms. The minimum atomic E-state index is -0.405. The highest BCUT2D eigenvalue weighted by molar-refractivity contribution is 5.93. The number of ether oxygens (including phenoxy) is 2. The molecule has 0 heterocycles. The number of benzene rings is 2. The van der Waals surface area contributed by atoms with Crippen molar-refractivity contribution in [2.45, 2.75) is 20.5 Å². The summed E-state index contributed by atoms with van der Waals surface area (Å²) in [5.74, 6) is 0.0361. The maximum atomic E-state index is 11.9. The highest BCUT2D eigenvalue weighted by atomic mass is 16.5. The van der Waals surface area contributed by atoms with Crippen molar-refractivity contribution in [2.24, 2.45) is 0 Å². The average molecular weight is 285 g/mol. The second-order valence-electron chi connectivity index (χ2n) is 4.69. The van der Waals surface area contributed by atoms with Crippen molar-refractivity contribution in [3.8, 4) is 5.75 Å². The Morgan fingerprint density at radius 1 is 1.19 bits per heavy atom. The number of hydrogen-bond donors (Lipinski definition) is 1. The number of carbonyl (C=O) groups is 1. The van der Waals surface area contributed by atoms with Crippen LogP contribution in [0.5, 0.6) is 5.75 Å². The molecule has 2 N–H and O–H groups in total. The summed E-state index contributed by atoms with van der Waals surface area (Å²) >= 11 is 0. The van der Waals surface area contributed by atoms with E-state index in [9.17, 15) is 4.79 Å². The molecule has 0 aliphatic carbocycles. The van der Waals surface area contributed by atoms with Gasteiger partial charge < -0.3 is 15.2 Å². The van der Waals surface area contributed by atoms with Gasteiger partial charge in [-0.25, -0.2) is 4.79 Å². The van der Waals surface area contributed by atoms with Crippen LogP contribution in [0.4, 0.5) is 5.69 Å². The van der Waals surface area contributed by atoms with Crippen LogP contribution < -0.4 is 10.5 Å². The minimum absolute atomic E-state index is 0.320. The molecule has 2 aromatic rings. The van der Waals surface area contributed by atoms with Crippen molar-refractivity contribution in [3.63, 3.8) is 0 Å². The third-order valence-electron chi connectivity index (χ3n) is 3.15. The molecule has 110 valence electrons. The van der Waals surface area contributed by atoms with Gasteiger partial charge >= 0.3 is 5.97 Å². The van der Waals surface area contributed by atoms with Gasteiger partial charge in [0.05, 0.1) is 6.61 Å². The van der Waals surface area contributed by atoms with E-state index < -0.39 is 5.97 Å². The van der Waals surface area contributed by atoms with E-state index >= 15 is 0 Å². The Hall–Kier alpha value is -2.49. The Morgan fingerprint density at radius 3 is 2.67 bits per heavy atom. The fourth-order valence-corrected chi connectivity index (χ4v) is 1.96. The maximum absolute atomic E-state index is 11.9.